The van der Waals surface area contributed by atoms with Crippen LogP contribution in [0.2, 0.25) is 0 Å². The zero-order valence-corrected chi connectivity index (χ0v) is 51.2. The van der Waals surface area contributed by atoms with Gasteiger partial charge in [0.2, 0.25) is 23.8 Å². The molecule has 8 heterocycles. The van der Waals surface area contributed by atoms with Crippen molar-refractivity contribution in [2.24, 2.45) is 0 Å². The Labute approximate surface area is 546 Å². The number of nitrogens with zero attached hydrogens (tertiary/aromatic N) is 12. The first-order valence-electron chi connectivity index (χ1n) is 32.3. The van der Waals surface area contributed by atoms with Gasteiger partial charge in [0.1, 0.15) is 0 Å². The molecule has 12 nitrogen and oxygen atoms in total. The highest BCUT2D eigenvalue weighted by molar-refractivity contribution is 6.26. The van der Waals surface area contributed by atoms with E-state index in [-0.39, 0.29) is 0 Å². The summed E-state index contributed by atoms with van der Waals surface area (Å²) in [5.41, 5.74) is 16.0. The number of fused-ring (bicyclic) bond motifs is 19. The Morgan fingerprint density at radius 3 is 0.875 bits per heavy atom. The third-order valence-electron chi connectivity index (χ3n) is 19.5. The first-order valence-corrected chi connectivity index (χ1v) is 32.3. The van der Waals surface area contributed by atoms with Crippen molar-refractivity contribution in [3.8, 4) is 57.9 Å². The van der Waals surface area contributed by atoms with Crippen LogP contribution in [0, 0.1) is 0 Å². The van der Waals surface area contributed by atoms with E-state index in [0.29, 0.717) is 35.4 Å². The summed E-state index contributed by atoms with van der Waals surface area (Å²) in [6.07, 6.45) is 0. The molecule has 0 unspecified atom stereocenters. The third kappa shape index (κ3) is 7.48. The fourth-order valence-electron chi connectivity index (χ4n) is 15.5. The first-order chi connectivity index (χ1) is 47.6. The second-order valence-corrected chi connectivity index (χ2v) is 24.7. The number of aromatic nitrogens is 12. The smallest absolute Gasteiger partial charge is 0.241 e. The zero-order chi connectivity index (χ0) is 62.7. The van der Waals surface area contributed by atoms with Gasteiger partial charge < -0.3 is 9.13 Å². The molecule has 0 aliphatic rings. The maximum atomic E-state index is 5.70. The zero-order valence-electron chi connectivity index (χ0n) is 51.2. The van der Waals surface area contributed by atoms with Gasteiger partial charge in [-0.1, -0.05) is 188 Å². The molecule has 0 amide bonds. The molecule has 21 rings (SSSR count). The molecule has 21 aromatic rings. The summed E-state index contributed by atoms with van der Waals surface area (Å²) >= 11 is 0. The van der Waals surface area contributed by atoms with Crippen molar-refractivity contribution in [2.75, 3.05) is 0 Å². The van der Waals surface area contributed by atoms with Gasteiger partial charge >= 0.3 is 0 Å². The van der Waals surface area contributed by atoms with Crippen molar-refractivity contribution < 1.29 is 0 Å². The topological polar surface area (TPSA) is 107 Å². The predicted molar refractivity (Wildman–Crippen MR) is 390 cm³/mol. The van der Waals surface area contributed by atoms with Crippen LogP contribution in [0.25, 0.3) is 189 Å². The van der Waals surface area contributed by atoms with Crippen LogP contribution in [0.5, 0.6) is 0 Å². The maximum absolute atomic E-state index is 5.70. The molecule has 8 aromatic heterocycles. The lowest BCUT2D eigenvalue weighted by molar-refractivity contribution is 0.848. The van der Waals surface area contributed by atoms with Crippen LogP contribution >= 0.6 is 0 Å². The molecule has 446 valence electrons. The van der Waals surface area contributed by atoms with Gasteiger partial charge in [0.15, 0.2) is 11.6 Å². The highest BCUT2D eigenvalue weighted by Crippen LogP contribution is 2.44. The lowest BCUT2D eigenvalue weighted by Gasteiger charge is -2.14. The first kappa shape index (κ1) is 52.3. The van der Waals surface area contributed by atoms with Gasteiger partial charge in [0.25, 0.3) is 0 Å². The number of para-hydroxylation sites is 10. The highest BCUT2D eigenvalue weighted by atomic mass is 15.3. The summed E-state index contributed by atoms with van der Waals surface area (Å²) in [6, 6.07) is 107. The molecule has 96 heavy (non-hydrogen) atoms. The number of rotatable bonds is 8. The van der Waals surface area contributed by atoms with E-state index in [0.717, 1.165) is 153 Å². The third-order valence-corrected chi connectivity index (χ3v) is 19.5. The van der Waals surface area contributed by atoms with Gasteiger partial charge in [-0.2, -0.15) is 24.9 Å². The van der Waals surface area contributed by atoms with Crippen LogP contribution < -0.4 is 0 Å². The number of hydrogen-bond donors (Lipinski definition) is 0. The SMILES string of the molecule is c1ccc(-n2c3ccccc3c3cc(-c4nc(-c5ccc6c(c5)c5ccccc5n6-c5ccccc5)nc(-n5c6ccccc6c6c5ccc5c7ccccc7n(-c7nc(-n8c9ccccc9c9ccccc98)nc(-n8c9ccccc9c9ccccc98)n7)c56)n4)ccc32)cc1. The van der Waals surface area contributed by atoms with Crippen LogP contribution in [-0.4, -0.2) is 57.3 Å². The standard InChI is InChI=1S/C84H50N12/c1-3-23-53(24-4-1)91-66-35-15-12-32-60(66)64-49-51(43-46-74(64)91)79-85-80(52-44-47-75-65(50-52)61-33-13-16-36-67(61)92(75)54-25-5-2-6-26-54)87-81(86-79)95-73-42-22-14-34-63(73)77-76(95)48-45-62-59-31-11-21-41-72(59)96(78(62)77)84-89-82(93-68-37-17-7-27-55(68)56-28-8-18-38-69(56)93)88-83(90-84)94-70-39-19-9-29-57(70)58-30-10-20-40-71(58)94/h1-50H. The maximum Gasteiger partial charge on any atom is 0.241 e. The van der Waals surface area contributed by atoms with Crippen molar-refractivity contribution in [3.05, 3.63) is 303 Å². The predicted octanol–water partition coefficient (Wildman–Crippen LogP) is 20.0. The fourth-order valence-corrected chi connectivity index (χ4v) is 15.5. The molecule has 0 fully saturated rings. The minimum absolute atomic E-state index is 0.465. The largest absolute Gasteiger partial charge is 0.309 e. The lowest BCUT2D eigenvalue weighted by Crippen LogP contribution is -2.13. The molecule has 0 atom stereocenters. The van der Waals surface area contributed by atoms with Gasteiger partial charge in [-0.3, -0.25) is 18.3 Å². The Kier molecular flexibility index (Phi) is 10.9. The van der Waals surface area contributed by atoms with Crippen LogP contribution in [0.4, 0.5) is 0 Å². The molecular weight excluding hydrogens is 1180 g/mol. The number of hydrogen-bond acceptors (Lipinski definition) is 6. The second-order valence-electron chi connectivity index (χ2n) is 24.7. The Bertz CT molecular complexity index is 6430. The van der Waals surface area contributed by atoms with Gasteiger partial charge in [-0.25, -0.2) is 4.98 Å². The average molecular weight is 1230 g/mol. The van der Waals surface area contributed by atoms with Crippen molar-refractivity contribution in [1.29, 1.82) is 0 Å². The summed E-state index contributed by atoms with van der Waals surface area (Å²) < 4.78 is 13.5. The molecule has 0 radical (unpaired) electrons. The molecule has 0 aliphatic carbocycles. The average Bonchev–Trinajstić information content (AvgIpc) is 1.54. The minimum atomic E-state index is 0.465. The van der Waals surface area contributed by atoms with E-state index in [9.17, 15) is 0 Å². The van der Waals surface area contributed by atoms with Crippen molar-refractivity contribution in [2.45, 2.75) is 0 Å². The quantitative estimate of drug-likeness (QED) is 0.150. The minimum Gasteiger partial charge on any atom is -0.309 e. The molecule has 0 saturated heterocycles. The van der Waals surface area contributed by atoms with E-state index in [4.69, 9.17) is 29.9 Å². The fraction of sp³-hybridized carbons (Fsp3) is 0. The van der Waals surface area contributed by atoms with E-state index in [1.165, 1.54) is 0 Å². The summed E-state index contributed by atoms with van der Waals surface area (Å²) in [6.45, 7) is 0. The van der Waals surface area contributed by atoms with Crippen LogP contribution in [-0.2, 0) is 0 Å². The van der Waals surface area contributed by atoms with E-state index in [1.54, 1.807) is 0 Å². The molecule has 0 spiro atoms. The molecule has 0 saturated carbocycles. The van der Waals surface area contributed by atoms with E-state index < -0.39 is 0 Å². The van der Waals surface area contributed by atoms with Crippen molar-refractivity contribution >= 4 is 131 Å². The van der Waals surface area contributed by atoms with Crippen molar-refractivity contribution in [1.82, 2.24) is 57.3 Å². The Hall–Kier alpha value is -13.3. The summed E-state index contributed by atoms with van der Waals surface area (Å²) in [4.78, 5) is 33.8. The van der Waals surface area contributed by atoms with Crippen molar-refractivity contribution in [3.63, 3.8) is 0 Å². The Balaban J connectivity index is 0.847. The monoisotopic (exact) mass is 1230 g/mol. The molecule has 0 bridgehead atoms. The Morgan fingerprint density at radius 2 is 0.458 bits per heavy atom. The van der Waals surface area contributed by atoms with Gasteiger partial charge in [0.05, 0.1) is 66.2 Å². The molecular formula is C84H50N12. The summed E-state index contributed by atoms with van der Waals surface area (Å²) in [5, 5.41) is 13.0. The highest BCUT2D eigenvalue weighted by Gasteiger charge is 2.28. The summed E-state index contributed by atoms with van der Waals surface area (Å²) in [5.74, 6) is 3.01. The van der Waals surface area contributed by atoms with E-state index >= 15 is 0 Å². The normalized spacial score (nSPS) is 12.2. The van der Waals surface area contributed by atoms with E-state index in [2.05, 4.69) is 331 Å². The van der Waals surface area contributed by atoms with Crippen LogP contribution in [0.1, 0.15) is 0 Å². The molecule has 12 heteroatoms. The molecule has 13 aromatic carbocycles. The van der Waals surface area contributed by atoms with Gasteiger partial charge in [-0.05, 0) is 115 Å². The molecule has 0 N–H and O–H groups in total. The van der Waals surface area contributed by atoms with Gasteiger partial charge in [0, 0.05) is 87.1 Å². The second kappa shape index (κ2) is 20.1. The van der Waals surface area contributed by atoms with E-state index in [1.807, 2.05) is 0 Å². The lowest BCUT2D eigenvalue weighted by atomic mass is 10.1. The Morgan fingerprint density at radius 1 is 0.177 bits per heavy atom. The summed E-state index contributed by atoms with van der Waals surface area (Å²) in [7, 11) is 0. The molecule has 0 aliphatic heterocycles. The van der Waals surface area contributed by atoms with Gasteiger partial charge in [-0.15, -0.1) is 0 Å². The van der Waals surface area contributed by atoms with Crippen LogP contribution in [0.15, 0.2) is 303 Å². The number of benzene rings is 13. The van der Waals surface area contributed by atoms with Crippen LogP contribution in [0.3, 0.4) is 0 Å².